The average Bonchev–Trinajstić information content (AvgIpc) is 2.78. The first-order valence-electron chi connectivity index (χ1n) is 10.9. The molecule has 7 heteroatoms. The summed E-state index contributed by atoms with van der Waals surface area (Å²) in [6.07, 6.45) is 2.85. The third kappa shape index (κ3) is 5.86. The van der Waals surface area contributed by atoms with E-state index in [1.807, 2.05) is 12.1 Å². The van der Waals surface area contributed by atoms with Gasteiger partial charge in [-0.2, -0.15) is 4.31 Å². The number of carbonyl (C=O) groups excluding carboxylic acids is 1. The van der Waals surface area contributed by atoms with Gasteiger partial charge in [-0.1, -0.05) is 62.7 Å². The molecule has 1 saturated heterocycles. The van der Waals surface area contributed by atoms with Crippen LogP contribution >= 0.6 is 0 Å². The van der Waals surface area contributed by atoms with E-state index < -0.39 is 10.0 Å². The van der Waals surface area contributed by atoms with Crippen molar-refractivity contribution in [1.82, 2.24) is 14.5 Å². The minimum atomic E-state index is -3.55. The maximum atomic E-state index is 13.1. The van der Waals surface area contributed by atoms with E-state index in [0.717, 1.165) is 24.8 Å². The van der Waals surface area contributed by atoms with Gasteiger partial charge in [0.25, 0.3) is 0 Å². The van der Waals surface area contributed by atoms with Gasteiger partial charge < -0.3 is 10.2 Å². The van der Waals surface area contributed by atoms with Gasteiger partial charge in [0, 0.05) is 33.2 Å². The highest BCUT2D eigenvalue weighted by Crippen LogP contribution is 2.23. The lowest BCUT2D eigenvalue weighted by molar-refractivity contribution is 0.206. The smallest absolute Gasteiger partial charge is 0.317 e. The molecule has 6 nitrogen and oxygen atoms in total. The van der Waals surface area contributed by atoms with Gasteiger partial charge in [-0.05, 0) is 41.5 Å². The Kier molecular flexibility index (Phi) is 7.73. The predicted molar refractivity (Wildman–Crippen MR) is 123 cm³/mol. The first kappa shape index (κ1) is 23.3. The second-order valence-electron chi connectivity index (χ2n) is 8.48. The molecule has 1 aliphatic rings. The summed E-state index contributed by atoms with van der Waals surface area (Å²) < 4.78 is 27.8. The zero-order valence-electron chi connectivity index (χ0n) is 18.7. The Hall–Kier alpha value is -2.38. The summed E-state index contributed by atoms with van der Waals surface area (Å²) in [4.78, 5) is 14.5. The number of rotatable bonds is 7. The van der Waals surface area contributed by atoms with Crippen molar-refractivity contribution in [2.45, 2.75) is 57.0 Å². The van der Waals surface area contributed by atoms with Crippen LogP contribution in [-0.2, 0) is 23.1 Å². The number of urea groups is 1. The molecule has 1 fully saturated rings. The van der Waals surface area contributed by atoms with Gasteiger partial charge in [0.2, 0.25) is 10.0 Å². The van der Waals surface area contributed by atoms with E-state index in [1.54, 1.807) is 40.5 Å². The van der Waals surface area contributed by atoms with Gasteiger partial charge >= 0.3 is 6.03 Å². The van der Waals surface area contributed by atoms with E-state index in [1.165, 1.54) is 5.56 Å². The van der Waals surface area contributed by atoms with Crippen LogP contribution in [0.3, 0.4) is 0 Å². The highest BCUT2D eigenvalue weighted by molar-refractivity contribution is 7.89. The Morgan fingerprint density at radius 3 is 2.32 bits per heavy atom. The van der Waals surface area contributed by atoms with Crippen molar-refractivity contribution in [2.75, 3.05) is 20.1 Å². The lowest BCUT2D eigenvalue weighted by atomic mass is 10.0. The van der Waals surface area contributed by atoms with Gasteiger partial charge in [0.1, 0.15) is 0 Å². The molecule has 0 radical (unpaired) electrons. The van der Waals surface area contributed by atoms with E-state index in [4.69, 9.17) is 0 Å². The van der Waals surface area contributed by atoms with Crippen LogP contribution in [0.2, 0.25) is 0 Å². The number of sulfonamides is 1. The van der Waals surface area contributed by atoms with Crippen molar-refractivity contribution in [2.24, 2.45) is 0 Å². The quantitative estimate of drug-likeness (QED) is 0.693. The summed E-state index contributed by atoms with van der Waals surface area (Å²) >= 11 is 0. The number of amides is 2. The van der Waals surface area contributed by atoms with Crippen molar-refractivity contribution in [3.8, 4) is 0 Å². The lowest BCUT2D eigenvalue weighted by Gasteiger charge is -2.27. The molecule has 2 aromatic rings. The van der Waals surface area contributed by atoms with Gasteiger partial charge in [0.15, 0.2) is 0 Å². The third-order valence-electron chi connectivity index (χ3n) is 5.75. The molecule has 2 amide bonds. The molecule has 1 aliphatic heterocycles. The molecule has 0 atom stereocenters. The number of hydrogen-bond acceptors (Lipinski definition) is 3. The number of piperidine rings is 1. The Bertz CT molecular complexity index is 981. The van der Waals surface area contributed by atoms with Crippen molar-refractivity contribution < 1.29 is 13.2 Å². The molecule has 1 N–H and O–H groups in total. The van der Waals surface area contributed by atoms with Gasteiger partial charge in [0.05, 0.1) is 4.90 Å². The number of carbonyl (C=O) groups is 1. The van der Waals surface area contributed by atoms with Crippen LogP contribution in [-0.4, -0.2) is 43.8 Å². The summed E-state index contributed by atoms with van der Waals surface area (Å²) in [5, 5.41) is 2.87. The molecule has 2 aromatic carbocycles. The molecular weight excluding hydrogens is 410 g/mol. The van der Waals surface area contributed by atoms with Crippen LogP contribution in [0.5, 0.6) is 0 Å². The van der Waals surface area contributed by atoms with Crippen molar-refractivity contribution in [3.05, 3.63) is 65.2 Å². The Balaban J connectivity index is 1.63. The molecule has 0 bridgehead atoms. The number of hydrogen-bond donors (Lipinski definition) is 1. The van der Waals surface area contributed by atoms with Gasteiger partial charge in [-0.15, -0.1) is 0 Å². The van der Waals surface area contributed by atoms with Crippen LogP contribution in [0.1, 0.15) is 55.7 Å². The van der Waals surface area contributed by atoms with Crippen LogP contribution in [0, 0.1) is 0 Å². The van der Waals surface area contributed by atoms with E-state index in [-0.39, 0.29) is 17.5 Å². The summed E-state index contributed by atoms with van der Waals surface area (Å²) in [6, 6.07) is 15.0. The normalized spacial score (nSPS) is 15.1. The second-order valence-corrected chi connectivity index (χ2v) is 10.4. The maximum absolute atomic E-state index is 13.1. The molecular formula is C24H33N3O3S. The third-order valence-corrected chi connectivity index (χ3v) is 7.75. The van der Waals surface area contributed by atoms with Gasteiger partial charge in [-0.3, -0.25) is 0 Å². The van der Waals surface area contributed by atoms with E-state index in [9.17, 15) is 13.2 Å². The maximum Gasteiger partial charge on any atom is 0.317 e. The number of benzene rings is 2. The van der Waals surface area contributed by atoms with Crippen molar-refractivity contribution in [3.63, 3.8) is 0 Å². The summed E-state index contributed by atoms with van der Waals surface area (Å²) in [5.74, 6) is 0.469. The molecule has 168 valence electrons. The predicted octanol–water partition coefficient (Wildman–Crippen LogP) is 4.33. The van der Waals surface area contributed by atoms with Crippen LogP contribution in [0.4, 0.5) is 4.79 Å². The molecule has 31 heavy (non-hydrogen) atoms. The SMILES string of the molecule is CC(C)c1ccc(CN(C)C(=O)NCc2ccccc2S(=O)(=O)N2CCCCC2)cc1. The Morgan fingerprint density at radius 2 is 1.68 bits per heavy atom. The first-order valence-corrected chi connectivity index (χ1v) is 12.4. The molecule has 0 aromatic heterocycles. The topological polar surface area (TPSA) is 69.7 Å². The lowest BCUT2D eigenvalue weighted by Crippen LogP contribution is -2.38. The fourth-order valence-corrected chi connectivity index (χ4v) is 5.54. The van der Waals surface area contributed by atoms with E-state index in [2.05, 4.69) is 31.3 Å². The fraction of sp³-hybridized carbons (Fsp3) is 0.458. The Morgan fingerprint density at radius 1 is 1.03 bits per heavy atom. The molecule has 0 spiro atoms. The number of nitrogens with one attached hydrogen (secondary N) is 1. The van der Waals surface area contributed by atoms with Crippen molar-refractivity contribution >= 4 is 16.1 Å². The van der Waals surface area contributed by atoms with Crippen LogP contribution < -0.4 is 5.32 Å². The van der Waals surface area contributed by atoms with Gasteiger partial charge in [-0.25, -0.2) is 13.2 Å². The molecule has 3 rings (SSSR count). The van der Waals surface area contributed by atoms with Crippen molar-refractivity contribution in [1.29, 1.82) is 0 Å². The summed E-state index contributed by atoms with van der Waals surface area (Å²) in [7, 11) is -1.81. The molecule has 0 aliphatic carbocycles. The highest BCUT2D eigenvalue weighted by atomic mass is 32.2. The largest absolute Gasteiger partial charge is 0.334 e. The summed E-state index contributed by atoms with van der Waals surface area (Å²) in [6.45, 7) is 6.06. The molecule has 1 heterocycles. The fourth-order valence-electron chi connectivity index (χ4n) is 3.81. The highest BCUT2D eigenvalue weighted by Gasteiger charge is 2.28. The summed E-state index contributed by atoms with van der Waals surface area (Å²) in [5.41, 5.74) is 2.92. The molecule has 0 unspecified atom stereocenters. The standard InChI is InChI=1S/C24H33N3O3S/c1-19(2)21-13-11-20(12-14-21)18-26(3)24(28)25-17-22-9-5-6-10-23(22)31(29,30)27-15-7-4-8-16-27/h5-6,9-14,19H,4,7-8,15-18H2,1-3H3,(H,25,28). The minimum Gasteiger partial charge on any atom is -0.334 e. The first-order chi connectivity index (χ1) is 14.8. The minimum absolute atomic E-state index is 0.165. The average molecular weight is 444 g/mol. The molecule has 0 saturated carbocycles. The van der Waals surface area contributed by atoms with Crippen LogP contribution in [0.15, 0.2) is 53.4 Å². The Labute approximate surface area is 186 Å². The monoisotopic (exact) mass is 443 g/mol. The zero-order chi connectivity index (χ0) is 22.4. The second kappa shape index (κ2) is 10.3. The van der Waals surface area contributed by atoms with Crippen LogP contribution in [0.25, 0.3) is 0 Å². The van der Waals surface area contributed by atoms with E-state index in [0.29, 0.717) is 31.1 Å². The number of nitrogens with zero attached hydrogens (tertiary/aromatic N) is 2. The van der Waals surface area contributed by atoms with E-state index >= 15 is 0 Å². The zero-order valence-corrected chi connectivity index (χ0v) is 19.5.